The number of hydrogen-bond acceptors (Lipinski definition) is 5. The molecule has 0 bridgehead atoms. The second kappa shape index (κ2) is 6.48. The first-order valence-electron chi connectivity index (χ1n) is 7.01. The Balaban J connectivity index is 2.19. The number of carboxylic acid groups (broad SMARTS) is 1. The molecule has 0 spiro atoms. The predicted octanol–water partition coefficient (Wildman–Crippen LogP) is 1.93. The third-order valence-corrected chi connectivity index (χ3v) is 4.61. The lowest BCUT2D eigenvalue weighted by molar-refractivity contribution is 0.0694. The van der Waals surface area contributed by atoms with Gasteiger partial charge in [-0.25, -0.2) is 13.2 Å². The smallest absolute Gasteiger partial charge is 0.339 e. The molecule has 2 rings (SSSR count). The van der Waals surface area contributed by atoms with Gasteiger partial charge in [0.05, 0.1) is 11.4 Å². The maximum Gasteiger partial charge on any atom is 0.339 e. The number of aryl methyl sites for hydroxylation is 2. The van der Waals surface area contributed by atoms with Gasteiger partial charge in [-0.1, -0.05) is 6.07 Å². The summed E-state index contributed by atoms with van der Waals surface area (Å²) in [6.45, 7) is 3.21. The number of aromatic carboxylic acids is 1. The summed E-state index contributed by atoms with van der Waals surface area (Å²) in [6, 6.07) is 5.66. The van der Waals surface area contributed by atoms with Crippen molar-refractivity contribution < 1.29 is 27.5 Å². The standard InChI is InChI=1S/C16H17NO6S/c1-9-4-5-12(24(3,21)22)7-13(9)15(18)17-8-11-6-14(16(19)20)10(2)23-11/h4-7H,8H2,1-3H3,(H,17,18)(H,19,20). The molecule has 7 nitrogen and oxygen atoms in total. The average Bonchev–Trinajstić information content (AvgIpc) is 2.85. The van der Waals surface area contributed by atoms with E-state index in [0.717, 1.165) is 6.26 Å². The lowest BCUT2D eigenvalue weighted by Crippen LogP contribution is -2.23. The van der Waals surface area contributed by atoms with Crippen molar-refractivity contribution in [1.29, 1.82) is 0 Å². The number of amides is 1. The van der Waals surface area contributed by atoms with Crippen LogP contribution in [-0.4, -0.2) is 31.7 Å². The van der Waals surface area contributed by atoms with Gasteiger partial charge in [-0.2, -0.15) is 0 Å². The Hall–Kier alpha value is -2.61. The Morgan fingerprint density at radius 2 is 1.83 bits per heavy atom. The van der Waals surface area contributed by atoms with Crippen molar-refractivity contribution in [2.75, 3.05) is 6.26 Å². The molecule has 0 aliphatic heterocycles. The van der Waals surface area contributed by atoms with Crippen LogP contribution in [0.1, 0.15) is 37.8 Å². The molecular weight excluding hydrogens is 334 g/mol. The van der Waals surface area contributed by atoms with Crippen LogP contribution in [-0.2, 0) is 16.4 Å². The average molecular weight is 351 g/mol. The van der Waals surface area contributed by atoms with Gasteiger partial charge in [-0.05, 0) is 37.6 Å². The largest absolute Gasteiger partial charge is 0.478 e. The number of furan rings is 1. The summed E-state index contributed by atoms with van der Waals surface area (Å²) in [5.41, 5.74) is 0.899. The van der Waals surface area contributed by atoms with E-state index in [0.29, 0.717) is 11.3 Å². The molecule has 0 saturated carbocycles. The third-order valence-electron chi connectivity index (χ3n) is 3.50. The molecule has 1 heterocycles. The van der Waals surface area contributed by atoms with Crippen molar-refractivity contribution in [3.05, 3.63) is 52.5 Å². The van der Waals surface area contributed by atoms with E-state index in [2.05, 4.69) is 5.32 Å². The van der Waals surface area contributed by atoms with E-state index >= 15 is 0 Å². The van der Waals surface area contributed by atoms with Gasteiger partial charge in [-0.15, -0.1) is 0 Å². The summed E-state index contributed by atoms with van der Waals surface area (Å²) >= 11 is 0. The number of carbonyl (C=O) groups is 2. The fraction of sp³-hybridized carbons (Fsp3) is 0.250. The van der Waals surface area contributed by atoms with Gasteiger partial charge < -0.3 is 14.8 Å². The van der Waals surface area contributed by atoms with Crippen LogP contribution >= 0.6 is 0 Å². The van der Waals surface area contributed by atoms with E-state index in [1.165, 1.54) is 25.1 Å². The van der Waals surface area contributed by atoms with E-state index in [1.54, 1.807) is 13.0 Å². The van der Waals surface area contributed by atoms with Crippen LogP contribution in [0.15, 0.2) is 33.6 Å². The number of carboxylic acids is 1. The summed E-state index contributed by atoms with van der Waals surface area (Å²) in [7, 11) is -3.42. The molecule has 2 N–H and O–H groups in total. The monoisotopic (exact) mass is 351 g/mol. The lowest BCUT2D eigenvalue weighted by atomic mass is 10.1. The fourth-order valence-electron chi connectivity index (χ4n) is 2.18. The molecule has 0 fully saturated rings. The van der Waals surface area contributed by atoms with Crippen molar-refractivity contribution in [2.24, 2.45) is 0 Å². The molecular formula is C16H17NO6S. The van der Waals surface area contributed by atoms with Crippen LogP contribution in [0.4, 0.5) is 0 Å². The van der Waals surface area contributed by atoms with E-state index in [9.17, 15) is 18.0 Å². The van der Waals surface area contributed by atoms with Crippen molar-refractivity contribution in [3.8, 4) is 0 Å². The number of sulfone groups is 1. The van der Waals surface area contributed by atoms with Crippen LogP contribution in [0.25, 0.3) is 0 Å². The SMILES string of the molecule is Cc1ccc(S(C)(=O)=O)cc1C(=O)NCc1cc(C(=O)O)c(C)o1. The quantitative estimate of drug-likeness (QED) is 0.851. The Morgan fingerprint density at radius 1 is 1.17 bits per heavy atom. The molecule has 0 radical (unpaired) electrons. The minimum atomic E-state index is -3.42. The number of carbonyl (C=O) groups excluding carboxylic acids is 1. The Morgan fingerprint density at radius 3 is 2.38 bits per heavy atom. The number of rotatable bonds is 5. The molecule has 0 saturated heterocycles. The van der Waals surface area contributed by atoms with E-state index in [-0.39, 0.29) is 28.3 Å². The van der Waals surface area contributed by atoms with Crippen LogP contribution in [0.2, 0.25) is 0 Å². The molecule has 0 aliphatic rings. The topological polar surface area (TPSA) is 114 Å². The Labute approximate surface area is 139 Å². The van der Waals surface area contributed by atoms with Gasteiger partial charge in [0.25, 0.3) is 5.91 Å². The molecule has 8 heteroatoms. The van der Waals surface area contributed by atoms with Crippen molar-refractivity contribution in [3.63, 3.8) is 0 Å². The number of benzene rings is 1. The van der Waals surface area contributed by atoms with E-state index in [4.69, 9.17) is 9.52 Å². The predicted molar refractivity (Wildman–Crippen MR) is 85.9 cm³/mol. The normalized spacial score (nSPS) is 11.3. The highest BCUT2D eigenvalue weighted by atomic mass is 32.2. The number of nitrogens with one attached hydrogen (secondary N) is 1. The summed E-state index contributed by atoms with van der Waals surface area (Å²) in [5, 5.41) is 11.6. The zero-order chi connectivity index (χ0) is 18.1. The molecule has 0 atom stereocenters. The highest BCUT2D eigenvalue weighted by molar-refractivity contribution is 7.90. The minimum absolute atomic E-state index is 0.00447. The minimum Gasteiger partial charge on any atom is -0.478 e. The Kier molecular flexibility index (Phi) is 4.79. The summed E-state index contributed by atoms with van der Waals surface area (Å²) < 4.78 is 28.5. The number of hydrogen-bond donors (Lipinski definition) is 2. The summed E-state index contributed by atoms with van der Waals surface area (Å²) in [6.07, 6.45) is 1.07. The van der Waals surface area contributed by atoms with Crippen LogP contribution < -0.4 is 5.32 Å². The highest BCUT2D eigenvalue weighted by Gasteiger charge is 2.17. The summed E-state index contributed by atoms with van der Waals surface area (Å²) in [4.78, 5) is 23.3. The third kappa shape index (κ3) is 3.83. The fourth-order valence-corrected chi connectivity index (χ4v) is 2.83. The van der Waals surface area contributed by atoms with E-state index < -0.39 is 21.7 Å². The molecule has 128 valence electrons. The Bertz CT molecular complexity index is 911. The first-order chi connectivity index (χ1) is 11.1. The van der Waals surface area contributed by atoms with Gasteiger partial charge in [-0.3, -0.25) is 4.79 Å². The van der Waals surface area contributed by atoms with Crippen LogP contribution in [0, 0.1) is 13.8 Å². The zero-order valence-electron chi connectivity index (χ0n) is 13.4. The van der Waals surface area contributed by atoms with Crippen LogP contribution in [0.3, 0.4) is 0 Å². The summed E-state index contributed by atoms with van der Waals surface area (Å²) in [5.74, 6) is -1.02. The maximum atomic E-state index is 12.3. The van der Waals surface area contributed by atoms with Crippen LogP contribution in [0.5, 0.6) is 0 Å². The molecule has 1 aromatic carbocycles. The lowest BCUT2D eigenvalue weighted by Gasteiger charge is -2.08. The highest BCUT2D eigenvalue weighted by Crippen LogP contribution is 2.17. The van der Waals surface area contributed by atoms with Gasteiger partial charge in [0, 0.05) is 11.8 Å². The second-order valence-electron chi connectivity index (χ2n) is 5.42. The van der Waals surface area contributed by atoms with Gasteiger partial charge >= 0.3 is 5.97 Å². The molecule has 1 amide bonds. The first-order valence-corrected chi connectivity index (χ1v) is 8.90. The second-order valence-corrected chi connectivity index (χ2v) is 7.44. The van der Waals surface area contributed by atoms with Crippen molar-refractivity contribution in [1.82, 2.24) is 5.32 Å². The van der Waals surface area contributed by atoms with Crippen molar-refractivity contribution >= 4 is 21.7 Å². The van der Waals surface area contributed by atoms with Gasteiger partial charge in [0.1, 0.15) is 17.1 Å². The maximum absolute atomic E-state index is 12.3. The first kappa shape index (κ1) is 17.7. The molecule has 2 aromatic rings. The zero-order valence-corrected chi connectivity index (χ0v) is 14.2. The van der Waals surface area contributed by atoms with Crippen molar-refractivity contribution in [2.45, 2.75) is 25.3 Å². The molecule has 1 aromatic heterocycles. The van der Waals surface area contributed by atoms with Gasteiger partial charge in [0.2, 0.25) is 0 Å². The molecule has 0 unspecified atom stereocenters. The molecule has 24 heavy (non-hydrogen) atoms. The van der Waals surface area contributed by atoms with E-state index in [1.807, 2.05) is 0 Å². The molecule has 0 aliphatic carbocycles. The van der Waals surface area contributed by atoms with Gasteiger partial charge in [0.15, 0.2) is 9.84 Å².